The molecule has 2 amide bonds. The standard InChI is InChI=1S/C14H26N4O2/c1-7-12(13-10(3)16-18(6)11(13)4)15-14(20)17(5)9(2)8-19/h9,12,19H,7-8H2,1-6H3,(H,15,20). The molecule has 2 N–H and O–H groups in total. The lowest BCUT2D eigenvalue weighted by molar-refractivity contribution is 0.154. The van der Waals surface area contributed by atoms with Crippen LogP contribution in [0.3, 0.4) is 0 Å². The lowest BCUT2D eigenvalue weighted by atomic mass is 10.0. The SMILES string of the molecule is CCC(NC(=O)N(C)C(C)CO)c1c(C)nn(C)c1C. The van der Waals surface area contributed by atoms with Crippen LogP contribution in [0.2, 0.25) is 0 Å². The number of aryl methyl sites for hydroxylation is 2. The molecule has 1 rings (SSSR count). The van der Waals surface area contributed by atoms with Crippen molar-refractivity contribution >= 4 is 6.03 Å². The van der Waals surface area contributed by atoms with E-state index in [0.29, 0.717) is 0 Å². The summed E-state index contributed by atoms with van der Waals surface area (Å²) in [5, 5.41) is 16.5. The van der Waals surface area contributed by atoms with Crippen LogP contribution < -0.4 is 5.32 Å². The highest BCUT2D eigenvalue weighted by molar-refractivity contribution is 5.74. The first kappa shape index (κ1) is 16.5. The van der Waals surface area contributed by atoms with Gasteiger partial charge in [0.15, 0.2) is 0 Å². The van der Waals surface area contributed by atoms with Gasteiger partial charge >= 0.3 is 6.03 Å². The van der Waals surface area contributed by atoms with Gasteiger partial charge in [0.25, 0.3) is 0 Å². The van der Waals surface area contributed by atoms with Crippen LogP contribution in [0.5, 0.6) is 0 Å². The van der Waals surface area contributed by atoms with Crippen molar-refractivity contribution in [3.8, 4) is 0 Å². The minimum atomic E-state index is -0.205. The summed E-state index contributed by atoms with van der Waals surface area (Å²) in [5.74, 6) is 0. The number of rotatable bonds is 5. The van der Waals surface area contributed by atoms with Crippen molar-refractivity contribution in [2.24, 2.45) is 7.05 Å². The lowest BCUT2D eigenvalue weighted by Crippen LogP contribution is -2.45. The Balaban J connectivity index is 2.90. The van der Waals surface area contributed by atoms with Gasteiger partial charge in [-0.15, -0.1) is 0 Å². The average molecular weight is 282 g/mol. The third-order valence-corrected chi connectivity index (χ3v) is 3.87. The van der Waals surface area contributed by atoms with Gasteiger partial charge in [-0.2, -0.15) is 5.10 Å². The molecule has 1 aromatic heterocycles. The third-order valence-electron chi connectivity index (χ3n) is 3.87. The topological polar surface area (TPSA) is 70.4 Å². The van der Waals surface area contributed by atoms with Gasteiger partial charge in [-0.1, -0.05) is 6.92 Å². The highest BCUT2D eigenvalue weighted by atomic mass is 16.3. The number of carbonyl (C=O) groups excluding carboxylic acids is 1. The zero-order valence-corrected chi connectivity index (χ0v) is 13.3. The van der Waals surface area contributed by atoms with E-state index in [2.05, 4.69) is 10.4 Å². The average Bonchev–Trinajstić information content (AvgIpc) is 2.68. The van der Waals surface area contributed by atoms with E-state index < -0.39 is 0 Å². The van der Waals surface area contributed by atoms with Crippen LogP contribution in [0, 0.1) is 13.8 Å². The number of urea groups is 1. The smallest absolute Gasteiger partial charge is 0.317 e. The summed E-state index contributed by atoms with van der Waals surface area (Å²) < 4.78 is 1.83. The van der Waals surface area contributed by atoms with Gasteiger partial charge in [-0.25, -0.2) is 4.79 Å². The molecule has 0 spiro atoms. The molecule has 0 saturated heterocycles. The zero-order chi connectivity index (χ0) is 15.4. The summed E-state index contributed by atoms with van der Waals surface area (Å²) in [6.45, 7) is 7.75. The maximum atomic E-state index is 12.2. The Morgan fingerprint density at radius 3 is 2.50 bits per heavy atom. The van der Waals surface area contributed by atoms with Crippen LogP contribution in [0.25, 0.3) is 0 Å². The van der Waals surface area contributed by atoms with Crippen LogP contribution in [0.1, 0.15) is 43.3 Å². The summed E-state index contributed by atoms with van der Waals surface area (Å²) in [4.78, 5) is 13.7. The van der Waals surface area contributed by atoms with Gasteiger partial charge in [0.1, 0.15) is 0 Å². The number of hydrogen-bond donors (Lipinski definition) is 2. The Morgan fingerprint density at radius 2 is 2.10 bits per heavy atom. The second-order valence-corrected chi connectivity index (χ2v) is 5.26. The number of nitrogens with one attached hydrogen (secondary N) is 1. The number of aromatic nitrogens is 2. The molecule has 0 aromatic carbocycles. The molecular formula is C14H26N4O2. The van der Waals surface area contributed by atoms with Crippen LogP contribution in [0.15, 0.2) is 0 Å². The van der Waals surface area contributed by atoms with Crippen LogP contribution in [0.4, 0.5) is 4.79 Å². The monoisotopic (exact) mass is 282 g/mol. The van der Waals surface area contributed by atoms with E-state index >= 15 is 0 Å². The third kappa shape index (κ3) is 3.30. The van der Waals surface area contributed by atoms with Gasteiger partial charge in [-0.3, -0.25) is 4.68 Å². The molecule has 114 valence electrons. The highest BCUT2D eigenvalue weighted by Gasteiger charge is 2.23. The summed E-state index contributed by atoms with van der Waals surface area (Å²) in [7, 11) is 3.59. The van der Waals surface area contributed by atoms with Crippen molar-refractivity contribution in [3.63, 3.8) is 0 Å². The number of amides is 2. The number of aliphatic hydroxyl groups excluding tert-OH is 1. The summed E-state index contributed by atoms with van der Waals surface area (Å²) in [6.07, 6.45) is 0.792. The van der Waals surface area contributed by atoms with Crippen molar-refractivity contribution in [2.75, 3.05) is 13.7 Å². The lowest BCUT2D eigenvalue weighted by Gasteiger charge is -2.27. The van der Waals surface area contributed by atoms with Gasteiger partial charge in [-0.05, 0) is 27.2 Å². The van der Waals surface area contributed by atoms with E-state index in [1.807, 2.05) is 32.5 Å². The molecule has 6 heteroatoms. The maximum Gasteiger partial charge on any atom is 0.317 e. The fraction of sp³-hybridized carbons (Fsp3) is 0.714. The predicted octanol–water partition coefficient (Wildman–Crippen LogP) is 1.51. The summed E-state index contributed by atoms with van der Waals surface area (Å²) in [5.41, 5.74) is 3.08. The van der Waals surface area contributed by atoms with Crippen molar-refractivity contribution in [3.05, 3.63) is 17.0 Å². The first-order chi connectivity index (χ1) is 9.33. The minimum absolute atomic E-state index is 0.0499. The first-order valence-corrected chi connectivity index (χ1v) is 6.97. The van der Waals surface area contributed by atoms with E-state index in [9.17, 15) is 4.79 Å². The molecule has 2 atom stereocenters. The van der Waals surface area contributed by atoms with Gasteiger partial charge < -0.3 is 15.3 Å². The fourth-order valence-electron chi connectivity index (χ4n) is 2.25. The Hall–Kier alpha value is -1.56. The Bertz CT molecular complexity index is 470. The molecule has 1 aromatic rings. The van der Waals surface area contributed by atoms with Gasteiger partial charge in [0.05, 0.1) is 24.4 Å². The summed E-state index contributed by atoms with van der Waals surface area (Å²) >= 11 is 0. The number of nitrogens with zero attached hydrogens (tertiary/aromatic N) is 3. The Labute approximate surface area is 120 Å². The normalized spacial score (nSPS) is 13.9. The molecular weight excluding hydrogens is 256 g/mol. The van der Waals surface area contributed by atoms with E-state index in [-0.39, 0.29) is 24.7 Å². The largest absolute Gasteiger partial charge is 0.394 e. The molecule has 0 bridgehead atoms. The molecule has 1 heterocycles. The minimum Gasteiger partial charge on any atom is -0.394 e. The van der Waals surface area contributed by atoms with Crippen molar-refractivity contribution in [2.45, 2.75) is 46.2 Å². The summed E-state index contributed by atoms with van der Waals surface area (Å²) in [6, 6.07) is -0.450. The number of hydrogen-bond acceptors (Lipinski definition) is 3. The van der Waals surface area contributed by atoms with Crippen LogP contribution in [-0.4, -0.2) is 45.5 Å². The second-order valence-electron chi connectivity index (χ2n) is 5.26. The van der Waals surface area contributed by atoms with Crippen LogP contribution in [-0.2, 0) is 7.05 Å². The highest BCUT2D eigenvalue weighted by Crippen LogP contribution is 2.23. The molecule has 0 fully saturated rings. The number of aliphatic hydroxyl groups is 1. The Morgan fingerprint density at radius 1 is 1.50 bits per heavy atom. The molecule has 0 radical (unpaired) electrons. The Kier molecular flexibility index (Phi) is 5.56. The first-order valence-electron chi connectivity index (χ1n) is 6.97. The van der Waals surface area contributed by atoms with E-state index in [0.717, 1.165) is 23.4 Å². The molecule has 2 unspecified atom stereocenters. The molecule has 0 aliphatic rings. The maximum absolute atomic E-state index is 12.2. The van der Waals surface area contributed by atoms with Crippen LogP contribution >= 0.6 is 0 Å². The van der Waals surface area contributed by atoms with Gasteiger partial charge in [0, 0.05) is 25.4 Å². The van der Waals surface area contributed by atoms with E-state index in [1.165, 1.54) is 4.90 Å². The van der Waals surface area contributed by atoms with Crippen molar-refractivity contribution in [1.82, 2.24) is 20.0 Å². The molecule has 6 nitrogen and oxygen atoms in total. The van der Waals surface area contributed by atoms with Crippen molar-refractivity contribution < 1.29 is 9.90 Å². The molecule has 0 aliphatic carbocycles. The number of likely N-dealkylation sites (N-methyl/N-ethyl adjacent to an activating group) is 1. The molecule has 0 saturated carbocycles. The zero-order valence-electron chi connectivity index (χ0n) is 13.3. The quantitative estimate of drug-likeness (QED) is 0.860. The fourth-order valence-corrected chi connectivity index (χ4v) is 2.25. The van der Waals surface area contributed by atoms with Crippen molar-refractivity contribution in [1.29, 1.82) is 0 Å². The van der Waals surface area contributed by atoms with Gasteiger partial charge in [0.2, 0.25) is 0 Å². The van der Waals surface area contributed by atoms with E-state index in [1.54, 1.807) is 14.0 Å². The molecule has 20 heavy (non-hydrogen) atoms. The number of carbonyl (C=O) groups is 1. The van der Waals surface area contributed by atoms with E-state index in [4.69, 9.17) is 5.11 Å². The second kappa shape index (κ2) is 6.74. The predicted molar refractivity (Wildman–Crippen MR) is 78.6 cm³/mol. The molecule has 0 aliphatic heterocycles.